The van der Waals surface area contributed by atoms with Crippen molar-refractivity contribution in [2.24, 2.45) is 11.7 Å². The topological polar surface area (TPSA) is 50.9 Å². The smallest absolute Gasteiger partial charge is 0.0795 e. The van der Waals surface area contributed by atoms with Gasteiger partial charge in [-0.25, -0.2) is 4.98 Å². The second-order valence-electron chi connectivity index (χ2n) is 4.32. The Morgan fingerprint density at radius 1 is 1.47 bits per heavy atom. The fourth-order valence-electron chi connectivity index (χ4n) is 2.20. The monoisotopic (exact) mass is 225 g/mol. The molecule has 2 atom stereocenters. The van der Waals surface area contributed by atoms with Gasteiger partial charge in [-0.3, -0.25) is 0 Å². The molecule has 1 aromatic rings. The average Bonchev–Trinajstić information content (AvgIpc) is 2.74. The van der Waals surface area contributed by atoms with Crippen molar-refractivity contribution in [3.8, 4) is 0 Å². The van der Waals surface area contributed by atoms with Crippen LogP contribution in [0.3, 0.4) is 0 Å². The fraction of sp³-hybridized carbons (Fsp3) is 0.727. The summed E-state index contributed by atoms with van der Waals surface area (Å²) in [6, 6.07) is 0.404. The van der Waals surface area contributed by atoms with Gasteiger partial charge in [0.1, 0.15) is 0 Å². The van der Waals surface area contributed by atoms with E-state index < -0.39 is 0 Å². The first-order valence-corrected chi connectivity index (χ1v) is 6.64. The minimum Gasteiger partial charge on any atom is -0.327 e. The molecule has 1 saturated carbocycles. The number of nitrogens with zero attached hydrogens (tertiary/aromatic N) is 1. The van der Waals surface area contributed by atoms with Gasteiger partial charge in [0.2, 0.25) is 0 Å². The number of rotatable bonds is 4. The number of hydrogen-bond acceptors (Lipinski definition) is 4. The lowest BCUT2D eigenvalue weighted by atomic mass is 9.85. The van der Waals surface area contributed by atoms with Gasteiger partial charge in [-0.2, -0.15) is 0 Å². The molecule has 0 aliphatic heterocycles. The Bertz CT molecular complexity index is 273. The summed E-state index contributed by atoms with van der Waals surface area (Å²) in [5.74, 6) is 0.664. The van der Waals surface area contributed by atoms with Gasteiger partial charge in [0.05, 0.1) is 11.2 Å². The van der Waals surface area contributed by atoms with E-state index in [-0.39, 0.29) is 0 Å². The number of nitrogens with two attached hydrogens (primary N) is 1. The summed E-state index contributed by atoms with van der Waals surface area (Å²) in [4.78, 5) is 4.24. The first-order valence-electron chi connectivity index (χ1n) is 5.69. The van der Waals surface area contributed by atoms with Crippen LogP contribution < -0.4 is 11.1 Å². The van der Waals surface area contributed by atoms with E-state index in [1.807, 2.05) is 5.51 Å². The van der Waals surface area contributed by atoms with E-state index >= 15 is 0 Å². The molecule has 15 heavy (non-hydrogen) atoms. The van der Waals surface area contributed by atoms with Gasteiger partial charge in [-0.05, 0) is 25.3 Å². The van der Waals surface area contributed by atoms with E-state index in [1.165, 1.54) is 25.7 Å². The van der Waals surface area contributed by atoms with Gasteiger partial charge in [-0.15, -0.1) is 11.3 Å². The van der Waals surface area contributed by atoms with Crippen molar-refractivity contribution in [3.05, 3.63) is 16.6 Å². The van der Waals surface area contributed by atoms with Crippen molar-refractivity contribution in [3.63, 3.8) is 0 Å². The Morgan fingerprint density at radius 3 is 3.07 bits per heavy atom. The normalized spacial score (nSPS) is 26.7. The van der Waals surface area contributed by atoms with Crippen LogP contribution in [0.2, 0.25) is 0 Å². The maximum Gasteiger partial charge on any atom is 0.0795 e. The summed E-state index contributed by atoms with van der Waals surface area (Å²) in [7, 11) is 0. The van der Waals surface area contributed by atoms with Crippen LogP contribution in [-0.2, 0) is 6.54 Å². The summed E-state index contributed by atoms with van der Waals surface area (Å²) in [5.41, 5.74) is 9.11. The van der Waals surface area contributed by atoms with Crippen molar-refractivity contribution in [2.75, 3.05) is 6.54 Å². The Kier molecular flexibility index (Phi) is 4.11. The molecule has 84 valence electrons. The first kappa shape index (κ1) is 11.0. The van der Waals surface area contributed by atoms with Crippen molar-refractivity contribution in [1.29, 1.82) is 0 Å². The second kappa shape index (κ2) is 5.58. The summed E-state index contributed by atoms with van der Waals surface area (Å²) in [6.07, 6.45) is 5.13. The molecule has 1 fully saturated rings. The average molecular weight is 225 g/mol. The first-order chi connectivity index (χ1) is 7.36. The molecule has 1 heterocycles. The van der Waals surface area contributed by atoms with Gasteiger partial charge in [0.25, 0.3) is 0 Å². The largest absolute Gasteiger partial charge is 0.327 e. The summed E-state index contributed by atoms with van der Waals surface area (Å²) in [5, 5.41) is 5.54. The van der Waals surface area contributed by atoms with Crippen LogP contribution in [0.15, 0.2) is 10.9 Å². The Labute approximate surface area is 95.1 Å². The molecule has 0 amide bonds. The number of nitrogens with one attached hydrogen (secondary N) is 1. The SMILES string of the molecule is NC1CCCCC1CNCc1cscn1. The lowest BCUT2D eigenvalue weighted by Gasteiger charge is -2.28. The van der Waals surface area contributed by atoms with Crippen LogP contribution in [0, 0.1) is 5.92 Å². The zero-order valence-electron chi connectivity index (χ0n) is 8.98. The molecule has 1 aromatic heterocycles. The van der Waals surface area contributed by atoms with E-state index in [1.54, 1.807) is 11.3 Å². The summed E-state index contributed by atoms with van der Waals surface area (Å²) < 4.78 is 0. The molecule has 2 rings (SSSR count). The summed E-state index contributed by atoms with van der Waals surface area (Å²) in [6.45, 7) is 1.92. The van der Waals surface area contributed by atoms with Crippen molar-refractivity contribution in [1.82, 2.24) is 10.3 Å². The van der Waals surface area contributed by atoms with E-state index in [9.17, 15) is 0 Å². The van der Waals surface area contributed by atoms with Crippen LogP contribution in [0.5, 0.6) is 0 Å². The zero-order chi connectivity index (χ0) is 10.5. The number of aromatic nitrogens is 1. The van der Waals surface area contributed by atoms with Gasteiger partial charge < -0.3 is 11.1 Å². The predicted octanol–water partition coefficient (Wildman–Crippen LogP) is 1.75. The Balaban J connectivity index is 1.68. The highest BCUT2D eigenvalue weighted by Gasteiger charge is 2.20. The van der Waals surface area contributed by atoms with Crippen LogP contribution in [0.1, 0.15) is 31.4 Å². The minimum atomic E-state index is 0.404. The van der Waals surface area contributed by atoms with Crippen LogP contribution in [0.4, 0.5) is 0 Å². The number of thiazole rings is 1. The molecule has 0 saturated heterocycles. The van der Waals surface area contributed by atoms with Crippen molar-refractivity contribution < 1.29 is 0 Å². The van der Waals surface area contributed by atoms with Crippen LogP contribution >= 0.6 is 11.3 Å². The molecular formula is C11H19N3S. The third-order valence-electron chi connectivity index (χ3n) is 3.16. The molecule has 1 aliphatic rings. The van der Waals surface area contributed by atoms with Crippen molar-refractivity contribution >= 4 is 11.3 Å². The molecule has 0 aromatic carbocycles. The van der Waals surface area contributed by atoms with Gasteiger partial charge in [0.15, 0.2) is 0 Å². The van der Waals surface area contributed by atoms with E-state index in [2.05, 4.69) is 15.7 Å². The second-order valence-corrected chi connectivity index (χ2v) is 5.04. The van der Waals surface area contributed by atoms with Gasteiger partial charge in [0, 0.05) is 18.0 Å². The highest BCUT2D eigenvalue weighted by molar-refractivity contribution is 7.07. The third-order valence-corrected chi connectivity index (χ3v) is 3.80. The maximum atomic E-state index is 6.08. The highest BCUT2D eigenvalue weighted by Crippen LogP contribution is 2.22. The van der Waals surface area contributed by atoms with Crippen molar-refractivity contribution in [2.45, 2.75) is 38.3 Å². The third kappa shape index (κ3) is 3.26. The Morgan fingerprint density at radius 2 is 2.33 bits per heavy atom. The van der Waals surface area contributed by atoms with Gasteiger partial charge >= 0.3 is 0 Å². The van der Waals surface area contributed by atoms with Gasteiger partial charge in [-0.1, -0.05) is 12.8 Å². The molecular weight excluding hydrogens is 206 g/mol. The molecule has 0 bridgehead atoms. The standard InChI is InChI=1S/C11H19N3S/c12-11-4-2-1-3-9(11)5-13-6-10-7-15-8-14-10/h7-9,11,13H,1-6,12H2. The minimum absolute atomic E-state index is 0.404. The zero-order valence-corrected chi connectivity index (χ0v) is 9.80. The fourth-order valence-corrected chi connectivity index (χ4v) is 2.76. The molecule has 0 radical (unpaired) electrons. The van der Waals surface area contributed by atoms with E-state index in [0.29, 0.717) is 12.0 Å². The molecule has 4 heteroatoms. The lowest BCUT2D eigenvalue weighted by molar-refractivity contribution is 0.296. The molecule has 2 unspecified atom stereocenters. The molecule has 0 spiro atoms. The quantitative estimate of drug-likeness (QED) is 0.821. The molecule has 3 N–H and O–H groups in total. The number of hydrogen-bond donors (Lipinski definition) is 2. The summed E-state index contributed by atoms with van der Waals surface area (Å²) >= 11 is 1.65. The lowest BCUT2D eigenvalue weighted by Crippen LogP contribution is -2.39. The highest BCUT2D eigenvalue weighted by atomic mass is 32.1. The van der Waals surface area contributed by atoms with Crippen LogP contribution in [0.25, 0.3) is 0 Å². The Hall–Kier alpha value is -0.450. The predicted molar refractivity (Wildman–Crippen MR) is 63.8 cm³/mol. The molecule has 1 aliphatic carbocycles. The molecule has 3 nitrogen and oxygen atoms in total. The van der Waals surface area contributed by atoms with E-state index in [0.717, 1.165) is 18.8 Å². The maximum absolute atomic E-state index is 6.08. The van der Waals surface area contributed by atoms with E-state index in [4.69, 9.17) is 5.73 Å². The van der Waals surface area contributed by atoms with Crippen LogP contribution in [-0.4, -0.2) is 17.6 Å².